The van der Waals surface area contributed by atoms with Gasteiger partial charge >= 0.3 is 11.9 Å². The highest BCUT2D eigenvalue weighted by molar-refractivity contribution is 5.83. The fraction of sp³-hybridized carbons (Fsp3) is 0.824. The number of unbranched alkanes of at least 4 members (excludes halogenated alkanes) is 5. The molecule has 6 heteroatoms. The van der Waals surface area contributed by atoms with Crippen molar-refractivity contribution in [3.8, 4) is 0 Å². The van der Waals surface area contributed by atoms with Crippen molar-refractivity contribution >= 4 is 17.8 Å². The zero-order valence-corrected chi connectivity index (χ0v) is 14.4. The van der Waals surface area contributed by atoms with Crippen LogP contribution in [0.25, 0.3) is 0 Å². The van der Waals surface area contributed by atoms with Crippen molar-refractivity contribution in [2.75, 3.05) is 6.61 Å². The normalized spacial score (nSPS) is 11.7. The van der Waals surface area contributed by atoms with E-state index >= 15 is 0 Å². The molecule has 23 heavy (non-hydrogen) atoms. The van der Waals surface area contributed by atoms with Gasteiger partial charge in [-0.1, -0.05) is 46.0 Å². The van der Waals surface area contributed by atoms with E-state index in [-0.39, 0.29) is 25.2 Å². The van der Waals surface area contributed by atoms with Gasteiger partial charge in [0.1, 0.15) is 6.04 Å². The molecule has 0 bridgehead atoms. The molecule has 0 unspecified atom stereocenters. The molecule has 0 aliphatic carbocycles. The van der Waals surface area contributed by atoms with Gasteiger partial charge in [-0.3, -0.25) is 9.59 Å². The molecule has 0 rings (SSSR count). The van der Waals surface area contributed by atoms with Crippen LogP contribution in [-0.4, -0.2) is 35.6 Å². The van der Waals surface area contributed by atoms with Crippen LogP contribution in [0, 0.1) is 0 Å². The largest absolute Gasteiger partial charge is 0.480 e. The molecule has 0 aromatic heterocycles. The number of hydrogen-bond acceptors (Lipinski definition) is 4. The van der Waals surface area contributed by atoms with Crippen molar-refractivity contribution in [3.05, 3.63) is 0 Å². The van der Waals surface area contributed by atoms with Gasteiger partial charge < -0.3 is 15.2 Å². The van der Waals surface area contributed by atoms with E-state index in [1.807, 2.05) is 6.92 Å². The molecule has 0 aliphatic heterocycles. The number of nitrogens with one attached hydrogen (secondary N) is 1. The van der Waals surface area contributed by atoms with Gasteiger partial charge in [0.25, 0.3) is 0 Å². The first kappa shape index (κ1) is 21.4. The van der Waals surface area contributed by atoms with E-state index in [0.29, 0.717) is 13.0 Å². The van der Waals surface area contributed by atoms with Gasteiger partial charge in [0.2, 0.25) is 5.91 Å². The molecule has 0 saturated heterocycles. The summed E-state index contributed by atoms with van der Waals surface area (Å²) >= 11 is 0. The van der Waals surface area contributed by atoms with Gasteiger partial charge in [0.05, 0.1) is 6.61 Å². The summed E-state index contributed by atoms with van der Waals surface area (Å²) in [6.45, 7) is 4.39. The number of carboxylic acid groups (broad SMARTS) is 1. The van der Waals surface area contributed by atoms with Crippen LogP contribution < -0.4 is 5.32 Å². The molecule has 0 aromatic rings. The summed E-state index contributed by atoms with van der Waals surface area (Å²) < 4.78 is 5.09. The first-order chi connectivity index (χ1) is 11.0. The minimum atomic E-state index is -1.13. The quantitative estimate of drug-likeness (QED) is 0.377. The maximum absolute atomic E-state index is 11.6. The van der Waals surface area contributed by atoms with E-state index in [2.05, 4.69) is 12.2 Å². The zero-order chi connectivity index (χ0) is 17.5. The highest BCUT2D eigenvalue weighted by Gasteiger charge is 2.20. The Labute approximate surface area is 139 Å². The smallest absolute Gasteiger partial charge is 0.326 e. The highest BCUT2D eigenvalue weighted by Crippen LogP contribution is 2.06. The molecular formula is C17H31NO5. The second kappa shape index (κ2) is 14.0. The van der Waals surface area contributed by atoms with Crippen LogP contribution in [0.15, 0.2) is 0 Å². The standard InChI is InChI=1S/C17H31NO5/c1-3-5-6-7-8-9-13-23-16(20)12-11-14(17(21)22)18-15(19)10-4-2/h14H,3-13H2,1-2H3,(H,18,19)(H,21,22)/t14-/m1/s1. The second-order valence-corrected chi connectivity index (χ2v) is 5.74. The van der Waals surface area contributed by atoms with Crippen LogP contribution in [0.3, 0.4) is 0 Å². The number of ether oxygens (including phenoxy) is 1. The lowest BCUT2D eigenvalue weighted by atomic mass is 10.1. The molecule has 0 saturated carbocycles. The fourth-order valence-electron chi connectivity index (χ4n) is 2.15. The molecule has 134 valence electrons. The van der Waals surface area contributed by atoms with Gasteiger partial charge in [-0.25, -0.2) is 4.79 Å². The lowest BCUT2D eigenvalue weighted by Crippen LogP contribution is -2.41. The monoisotopic (exact) mass is 329 g/mol. The molecule has 0 fully saturated rings. The summed E-state index contributed by atoms with van der Waals surface area (Å²) in [5.74, 6) is -1.84. The number of carbonyl (C=O) groups is 3. The first-order valence-corrected chi connectivity index (χ1v) is 8.69. The lowest BCUT2D eigenvalue weighted by Gasteiger charge is -2.14. The van der Waals surface area contributed by atoms with Crippen LogP contribution in [0.5, 0.6) is 0 Å². The molecular weight excluding hydrogens is 298 g/mol. The Balaban J connectivity index is 3.82. The topological polar surface area (TPSA) is 92.7 Å². The minimum absolute atomic E-state index is 0.000787. The van der Waals surface area contributed by atoms with E-state index in [1.165, 1.54) is 19.3 Å². The Morgan fingerprint density at radius 2 is 1.61 bits per heavy atom. The molecule has 0 aromatic carbocycles. The van der Waals surface area contributed by atoms with Gasteiger partial charge in [-0.05, 0) is 19.3 Å². The molecule has 0 spiro atoms. The molecule has 6 nitrogen and oxygen atoms in total. The van der Waals surface area contributed by atoms with Crippen molar-refractivity contribution in [1.82, 2.24) is 5.32 Å². The average molecular weight is 329 g/mol. The number of aliphatic carboxylic acids is 1. The van der Waals surface area contributed by atoms with E-state index in [0.717, 1.165) is 19.3 Å². The Hall–Kier alpha value is -1.59. The minimum Gasteiger partial charge on any atom is -0.480 e. The number of carboxylic acids is 1. The first-order valence-electron chi connectivity index (χ1n) is 8.69. The predicted octanol–water partition coefficient (Wildman–Crippen LogP) is 3.04. The van der Waals surface area contributed by atoms with E-state index < -0.39 is 18.0 Å². The molecule has 1 atom stereocenters. The third kappa shape index (κ3) is 12.6. The summed E-state index contributed by atoms with van der Waals surface area (Å²) in [5, 5.41) is 11.5. The van der Waals surface area contributed by atoms with Crippen molar-refractivity contribution in [2.45, 2.75) is 84.1 Å². The predicted molar refractivity (Wildman–Crippen MR) is 88.0 cm³/mol. The average Bonchev–Trinajstić information content (AvgIpc) is 2.50. The summed E-state index contributed by atoms with van der Waals surface area (Å²) in [6.07, 6.45) is 7.67. The van der Waals surface area contributed by atoms with Crippen LogP contribution in [0.4, 0.5) is 0 Å². The Bertz CT molecular complexity index is 357. The maximum Gasteiger partial charge on any atom is 0.326 e. The van der Waals surface area contributed by atoms with Crippen LogP contribution in [-0.2, 0) is 19.1 Å². The van der Waals surface area contributed by atoms with Crippen molar-refractivity contribution in [1.29, 1.82) is 0 Å². The van der Waals surface area contributed by atoms with Crippen LogP contribution in [0.1, 0.15) is 78.1 Å². The second-order valence-electron chi connectivity index (χ2n) is 5.74. The van der Waals surface area contributed by atoms with Crippen LogP contribution >= 0.6 is 0 Å². The summed E-state index contributed by atoms with van der Waals surface area (Å²) in [5.41, 5.74) is 0. The van der Waals surface area contributed by atoms with Gasteiger partial charge in [0, 0.05) is 12.8 Å². The number of amides is 1. The third-order valence-corrected chi connectivity index (χ3v) is 3.51. The summed E-state index contributed by atoms with van der Waals surface area (Å²) in [4.78, 5) is 34.1. The molecule has 0 aliphatic rings. The summed E-state index contributed by atoms with van der Waals surface area (Å²) in [7, 11) is 0. The van der Waals surface area contributed by atoms with E-state index in [1.54, 1.807) is 0 Å². The molecule has 2 N–H and O–H groups in total. The van der Waals surface area contributed by atoms with E-state index in [4.69, 9.17) is 9.84 Å². The molecule has 0 heterocycles. The Morgan fingerprint density at radius 1 is 0.957 bits per heavy atom. The van der Waals surface area contributed by atoms with Crippen molar-refractivity contribution in [3.63, 3.8) is 0 Å². The maximum atomic E-state index is 11.6. The van der Waals surface area contributed by atoms with Crippen molar-refractivity contribution in [2.24, 2.45) is 0 Å². The lowest BCUT2D eigenvalue weighted by molar-refractivity contribution is -0.145. The highest BCUT2D eigenvalue weighted by atomic mass is 16.5. The fourth-order valence-corrected chi connectivity index (χ4v) is 2.15. The van der Waals surface area contributed by atoms with Gasteiger partial charge in [0.15, 0.2) is 0 Å². The Kier molecular flexibility index (Phi) is 13.1. The number of esters is 1. The number of rotatable bonds is 14. The zero-order valence-electron chi connectivity index (χ0n) is 14.4. The van der Waals surface area contributed by atoms with Crippen LogP contribution in [0.2, 0.25) is 0 Å². The third-order valence-electron chi connectivity index (χ3n) is 3.51. The van der Waals surface area contributed by atoms with Gasteiger partial charge in [-0.15, -0.1) is 0 Å². The molecule has 1 amide bonds. The molecule has 0 radical (unpaired) electrons. The number of carbonyl (C=O) groups excluding carboxylic acids is 2. The SMILES string of the molecule is CCCCCCCCOC(=O)CC[C@@H](NC(=O)CCC)C(=O)O. The van der Waals surface area contributed by atoms with E-state index in [9.17, 15) is 14.4 Å². The van der Waals surface area contributed by atoms with Crippen molar-refractivity contribution < 1.29 is 24.2 Å². The number of hydrogen-bond donors (Lipinski definition) is 2. The Morgan fingerprint density at radius 3 is 2.22 bits per heavy atom. The van der Waals surface area contributed by atoms with Gasteiger partial charge in [-0.2, -0.15) is 0 Å². The summed E-state index contributed by atoms with van der Waals surface area (Å²) in [6, 6.07) is -1.03.